The van der Waals surface area contributed by atoms with Crippen molar-refractivity contribution in [2.75, 3.05) is 13.7 Å². The summed E-state index contributed by atoms with van der Waals surface area (Å²) in [5, 5.41) is 3.34. The monoisotopic (exact) mass is 351 g/mol. The Hall–Kier alpha value is -1.39. The highest BCUT2D eigenvalue weighted by atomic mass is 79.9. The van der Waals surface area contributed by atoms with Gasteiger partial charge in [-0.05, 0) is 42.8 Å². The van der Waals surface area contributed by atoms with Gasteiger partial charge in [-0.1, -0.05) is 41.1 Å². The van der Waals surface area contributed by atoms with Crippen LogP contribution in [0, 0.1) is 12.7 Å². The summed E-state index contributed by atoms with van der Waals surface area (Å²) in [5.74, 6) is 0.578. The molecule has 2 nitrogen and oxygen atoms in total. The minimum atomic E-state index is -0.198. The first-order valence-electron chi connectivity index (χ1n) is 6.89. The van der Waals surface area contributed by atoms with E-state index in [2.05, 4.69) is 21.2 Å². The molecular weight excluding hydrogens is 333 g/mol. The molecule has 0 heterocycles. The Kier molecular flexibility index (Phi) is 5.37. The Morgan fingerprint density at radius 3 is 2.48 bits per heavy atom. The van der Waals surface area contributed by atoms with Crippen molar-refractivity contribution in [1.29, 1.82) is 0 Å². The molecule has 2 aromatic carbocycles. The molecule has 0 fully saturated rings. The van der Waals surface area contributed by atoms with Crippen LogP contribution in [0.4, 0.5) is 4.39 Å². The molecule has 2 aromatic rings. The zero-order valence-corrected chi connectivity index (χ0v) is 14.0. The van der Waals surface area contributed by atoms with Crippen molar-refractivity contribution in [2.24, 2.45) is 0 Å². The molecule has 0 bridgehead atoms. The summed E-state index contributed by atoms with van der Waals surface area (Å²) in [4.78, 5) is 0. The number of hydrogen-bond donors (Lipinski definition) is 1. The summed E-state index contributed by atoms with van der Waals surface area (Å²) in [7, 11) is 1.63. The second kappa shape index (κ2) is 7.05. The Balaban J connectivity index is 2.48. The Bertz CT molecular complexity index is 630. The molecule has 1 atom stereocenters. The first kappa shape index (κ1) is 16.0. The molecule has 0 amide bonds. The van der Waals surface area contributed by atoms with Crippen LogP contribution >= 0.6 is 15.9 Å². The topological polar surface area (TPSA) is 21.3 Å². The molecule has 0 spiro atoms. The molecule has 0 aliphatic carbocycles. The van der Waals surface area contributed by atoms with Crippen LogP contribution in [0.2, 0.25) is 0 Å². The summed E-state index contributed by atoms with van der Waals surface area (Å²) in [6, 6.07) is 10.9. The van der Waals surface area contributed by atoms with Crippen LogP contribution in [0.3, 0.4) is 0 Å². The van der Waals surface area contributed by atoms with E-state index in [0.717, 1.165) is 27.9 Å². The highest BCUT2D eigenvalue weighted by molar-refractivity contribution is 9.10. The lowest BCUT2D eigenvalue weighted by Gasteiger charge is -2.21. The number of aryl methyl sites for hydroxylation is 1. The van der Waals surface area contributed by atoms with Gasteiger partial charge in [0.25, 0.3) is 0 Å². The molecule has 21 heavy (non-hydrogen) atoms. The summed E-state index contributed by atoms with van der Waals surface area (Å²) in [5.41, 5.74) is 2.55. The van der Waals surface area contributed by atoms with Crippen molar-refractivity contribution in [3.8, 4) is 5.75 Å². The van der Waals surface area contributed by atoms with Crippen LogP contribution < -0.4 is 10.1 Å². The van der Waals surface area contributed by atoms with Gasteiger partial charge in [0.15, 0.2) is 0 Å². The predicted molar refractivity (Wildman–Crippen MR) is 87.4 cm³/mol. The highest BCUT2D eigenvalue weighted by Gasteiger charge is 2.19. The summed E-state index contributed by atoms with van der Waals surface area (Å²) in [6.07, 6.45) is 0. The average Bonchev–Trinajstić information content (AvgIpc) is 2.46. The molecule has 0 saturated heterocycles. The van der Waals surface area contributed by atoms with Crippen molar-refractivity contribution in [3.05, 3.63) is 63.4 Å². The van der Waals surface area contributed by atoms with Crippen LogP contribution in [-0.2, 0) is 0 Å². The Morgan fingerprint density at radius 2 is 1.90 bits per heavy atom. The van der Waals surface area contributed by atoms with Gasteiger partial charge in [-0.2, -0.15) is 0 Å². The van der Waals surface area contributed by atoms with Crippen LogP contribution in [0.5, 0.6) is 5.75 Å². The molecule has 0 aliphatic heterocycles. The van der Waals surface area contributed by atoms with E-state index >= 15 is 0 Å². The fourth-order valence-electron chi connectivity index (χ4n) is 2.33. The van der Waals surface area contributed by atoms with Crippen LogP contribution in [0.15, 0.2) is 40.9 Å². The van der Waals surface area contributed by atoms with E-state index in [9.17, 15) is 4.39 Å². The van der Waals surface area contributed by atoms with Crippen LogP contribution in [0.1, 0.15) is 29.7 Å². The maximum Gasteiger partial charge on any atom is 0.128 e. The highest BCUT2D eigenvalue weighted by Crippen LogP contribution is 2.32. The van der Waals surface area contributed by atoms with Gasteiger partial charge < -0.3 is 10.1 Å². The van der Waals surface area contributed by atoms with Gasteiger partial charge in [0.05, 0.1) is 13.2 Å². The maximum absolute atomic E-state index is 14.3. The molecule has 0 aromatic heterocycles. The number of ether oxygens (including phenoxy) is 1. The molecule has 112 valence electrons. The quantitative estimate of drug-likeness (QED) is 0.849. The van der Waals surface area contributed by atoms with E-state index in [1.165, 1.54) is 0 Å². The van der Waals surface area contributed by atoms with Crippen molar-refractivity contribution >= 4 is 15.9 Å². The van der Waals surface area contributed by atoms with E-state index < -0.39 is 0 Å². The van der Waals surface area contributed by atoms with Gasteiger partial charge in [-0.25, -0.2) is 4.39 Å². The molecular formula is C17H19BrFNO. The van der Waals surface area contributed by atoms with Crippen LogP contribution in [-0.4, -0.2) is 13.7 Å². The van der Waals surface area contributed by atoms with Gasteiger partial charge in [-0.15, -0.1) is 0 Å². The standard InChI is InChI=1S/C17H19BrFNO/c1-4-20-17(14-7-5-11(2)9-16(14)19)13-8-6-12(21-3)10-15(13)18/h5-10,17,20H,4H2,1-3H3. The Labute approximate surface area is 133 Å². The lowest BCUT2D eigenvalue weighted by molar-refractivity contribution is 0.414. The fourth-order valence-corrected chi connectivity index (χ4v) is 2.91. The van der Waals surface area contributed by atoms with Crippen molar-refractivity contribution < 1.29 is 9.13 Å². The summed E-state index contributed by atoms with van der Waals surface area (Å²) in [6.45, 7) is 4.64. The fraction of sp³-hybridized carbons (Fsp3) is 0.294. The van der Waals surface area contributed by atoms with E-state index in [1.807, 2.05) is 44.2 Å². The first-order valence-corrected chi connectivity index (χ1v) is 7.69. The van der Waals surface area contributed by atoms with E-state index in [0.29, 0.717) is 5.56 Å². The summed E-state index contributed by atoms with van der Waals surface area (Å²) < 4.78 is 20.4. The maximum atomic E-state index is 14.3. The molecule has 4 heteroatoms. The number of rotatable bonds is 5. The third kappa shape index (κ3) is 3.63. The SMILES string of the molecule is CCNC(c1ccc(C)cc1F)c1ccc(OC)cc1Br. The first-order chi connectivity index (χ1) is 10.1. The number of benzene rings is 2. The third-order valence-electron chi connectivity index (χ3n) is 3.39. The van der Waals surface area contributed by atoms with Crippen molar-refractivity contribution in [1.82, 2.24) is 5.32 Å². The lowest BCUT2D eigenvalue weighted by atomic mass is 9.97. The van der Waals surface area contributed by atoms with Gasteiger partial charge in [0.1, 0.15) is 11.6 Å². The predicted octanol–water partition coefficient (Wildman–Crippen LogP) is 4.60. The van der Waals surface area contributed by atoms with E-state index in [1.54, 1.807) is 13.2 Å². The molecule has 1 N–H and O–H groups in total. The van der Waals surface area contributed by atoms with Crippen molar-refractivity contribution in [2.45, 2.75) is 19.9 Å². The van der Waals surface area contributed by atoms with Gasteiger partial charge in [0.2, 0.25) is 0 Å². The number of hydrogen-bond acceptors (Lipinski definition) is 2. The normalized spacial score (nSPS) is 12.2. The largest absolute Gasteiger partial charge is 0.497 e. The van der Waals surface area contributed by atoms with E-state index in [-0.39, 0.29) is 11.9 Å². The number of nitrogens with one attached hydrogen (secondary N) is 1. The third-order valence-corrected chi connectivity index (χ3v) is 4.08. The lowest BCUT2D eigenvalue weighted by Crippen LogP contribution is -2.23. The minimum Gasteiger partial charge on any atom is -0.497 e. The number of halogens is 2. The molecule has 0 saturated carbocycles. The molecule has 2 rings (SSSR count). The van der Waals surface area contributed by atoms with Crippen LogP contribution in [0.25, 0.3) is 0 Å². The average molecular weight is 352 g/mol. The smallest absolute Gasteiger partial charge is 0.128 e. The Morgan fingerprint density at radius 1 is 1.19 bits per heavy atom. The molecule has 1 unspecified atom stereocenters. The van der Waals surface area contributed by atoms with E-state index in [4.69, 9.17) is 4.74 Å². The van der Waals surface area contributed by atoms with Gasteiger partial charge >= 0.3 is 0 Å². The second-order valence-electron chi connectivity index (χ2n) is 4.90. The molecule has 0 aliphatic rings. The van der Waals surface area contributed by atoms with Gasteiger partial charge in [-0.3, -0.25) is 0 Å². The van der Waals surface area contributed by atoms with Gasteiger partial charge in [0, 0.05) is 10.0 Å². The zero-order chi connectivity index (χ0) is 15.4. The summed E-state index contributed by atoms with van der Waals surface area (Å²) >= 11 is 3.55. The molecule has 0 radical (unpaired) electrons. The zero-order valence-electron chi connectivity index (χ0n) is 12.4. The number of methoxy groups -OCH3 is 1. The minimum absolute atomic E-state index is 0.191. The second-order valence-corrected chi connectivity index (χ2v) is 5.76. The van der Waals surface area contributed by atoms with Crippen molar-refractivity contribution in [3.63, 3.8) is 0 Å².